The summed E-state index contributed by atoms with van der Waals surface area (Å²) in [5, 5.41) is 0. The summed E-state index contributed by atoms with van der Waals surface area (Å²) in [5.74, 6) is -1.95. The van der Waals surface area contributed by atoms with Gasteiger partial charge in [0.25, 0.3) is 0 Å². The first-order chi connectivity index (χ1) is 14.5. The molecule has 2 aromatic carbocycles. The molecule has 0 N–H and O–H groups in total. The van der Waals surface area contributed by atoms with Crippen LogP contribution in [0.2, 0.25) is 0 Å². The number of rotatable bonds is 9. The van der Waals surface area contributed by atoms with E-state index < -0.39 is 23.6 Å². The minimum Gasteiger partial charge on any atom is -0.373 e. The first-order valence-electron chi connectivity index (χ1n) is 11.4. The van der Waals surface area contributed by atoms with Gasteiger partial charge < -0.3 is 4.74 Å². The SMILES string of the molecule is CCCCCCCC1CCC(c2ccc(-c3ccc(CC)cc3F)c(F)c2F)OC1. The Balaban J connectivity index is 1.64. The van der Waals surface area contributed by atoms with Gasteiger partial charge in [-0.1, -0.05) is 70.2 Å². The summed E-state index contributed by atoms with van der Waals surface area (Å²) in [4.78, 5) is 0. The van der Waals surface area contributed by atoms with Crippen LogP contribution < -0.4 is 0 Å². The highest BCUT2D eigenvalue weighted by atomic mass is 19.2. The molecule has 0 aliphatic carbocycles. The van der Waals surface area contributed by atoms with Crippen LogP contribution in [0.4, 0.5) is 13.2 Å². The van der Waals surface area contributed by atoms with Gasteiger partial charge in [0.2, 0.25) is 0 Å². The van der Waals surface area contributed by atoms with E-state index in [0.717, 1.165) is 18.4 Å². The van der Waals surface area contributed by atoms with Crippen molar-refractivity contribution in [3.8, 4) is 11.1 Å². The topological polar surface area (TPSA) is 9.23 Å². The Morgan fingerprint density at radius 1 is 0.867 bits per heavy atom. The Hall–Kier alpha value is -1.81. The second-order valence-corrected chi connectivity index (χ2v) is 8.47. The molecule has 4 heteroatoms. The van der Waals surface area contributed by atoms with Gasteiger partial charge >= 0.3 is 0 Å². The molecule has 1 saturated heterocycles. The molecule has 0 saturated carbocycles. The summed E-state index contributed by atoms with van der Waals surface area (Å²) in [6.07, 6.45) is 9.32. The third-order valence-corrected chi connectivity index (χ3v) is 6.28. The van der Waals surface area contributed by atoms with Crippen LogP contribution in [0.3, 0.4) is 0 Å². The Morgan fingerprint density at radius 3 is 2.30 bits per heavy atom. The van der Waals surface area contributed by atoms with E-state index in [1.807, 2.05) is 6.92 Å². The molecular formula is C26H33F3O. The molecular weight excluding hydrogens is 385 g/mol. The number of halogens is 3. The van der Waals surface area contributed by atoms with Gasteiger partial charge in [0.1, 0.15) is 5.82 Å². The standard InChI is InChI=1S/C26H33F3O/c1-3-5-6-7-8-9-19-11-15-24(30-17-19)22-14-13-21(25(28)26(22)29)20-12-10-18(4-2)16-23(20)27/h10,12-14,16,19,24H,3-9,11,15,17H2,1-2H3. The number of aryl methyl sites for hydroxylation is 1. The lowest BCUT2D eigenvalue weighted by molar-refractivity contribution is -0.0218. The average Bonchev–Trinajstić information content (AvgIpc) is 2.76. The highest BCUT2D eigenvalue weighted by Gasteiger charge is 2.27. The number of benzene rings is 2. The fourth-order valence-electron chi connectivity index (χ4n) is 4.33. The van der Waals surface area contributed by atoms with Crippen molar-refractivity contribution >= 4 is 0 Å². The second kappa shape index (κ2) is 11.0. The Morgan fingerprint density at radius 2 is 1.63 bits per heavy atom. The van der Waals surface area contributed by atoms with E-state index in [-0.39, 0.29) is 16.7 Å². The van der Waals surface area contributed by atoms with Gasteiger partial charge in [-0.25, -0.2) is 13.2 Å². The maximum atomic E-state index is 14.9. The molecule has 164 valence electrons. The lowest BCUT2D eigenvalue weighted by atomic mass is 9.90. The molecule has 0 aromatic heterocycles. The largest absolute Gasteiger partial charge is 0.373 e. The van der Waals surface area contributed by atoms with Gasteiger partial charge in [0.15, 0.2) is 11.6 Å². The van der Waals surface area contributed by atoms with Gasteiger partial charge in [-0.15, -0.1) is 0 Å². The van der Waals surface area contributed by atoms with Crippen molar-refractivity contribution in [1.82, 2.24) is 0 Å². The molecule has 2 aromatic rings. The Kier molecular flexibility index (Phi) is 8.38. The molecule has 1 heterocycles. The summed E-state index contributed by atoms with van der Waals surface area (Å²) < 4.78 is 50.0. The van der Waals surface area contributed by atoms with E-state index in [1.165, 1.54) is 50.3 Å². The van der Waals surface area contributed by atoms with Crippen LogP contribution >= 0.6 is 0 Å². The van der Waals surface area contributed by atoms with Crippen molar-refractivity contribution in [2.24, 2.45) is 5.92 Å². The summed E-state index contributed by atoms with van der Waals surface area (Å²) in [7, 11) is 0. The van der Waals surface area contributed by atoms with Gasteiger partial charge in [0, 0.05) is 16.7 Å². The first kappa shape index (κ1) is 22.9. The highest BCUT2D eigenvalue weighted by molar-refractivity contribution is 5.66. The van der Waals surface area contributed by atoms with E-state index in [2.05, 4.69) is 6.92 Å². The number of hydrogen-bond acceptors (Lipinski definition) is 1. The van der Waals surface area contributed by atoms with Gasteiger partial charge in [0.05, 0.1) is 12.7 Å². The van der Waals surface area contributed by atoms with Gasteiger partial charge in [-0.2, -0.15) is 0 Å². The summed E-state index contributed by atoms with van der Waals surface area (Å²) in [5.41, 5.74) is 1.10. The van der Waals surface area contributed by atoms with E-state index in [4.69, 9.17) is 4.74 Å². The Bertz CT molecular complexity index is 825. The molecule has 0 spiro atoms. The fraction of sp³-hybridized carbons (Fsp3) is 0.538. The van der Waals surface area contributed by atoms with Crippen LogP contribution in [0.25, 0.3) is 11.1 Å². The van der Waals surface area contributed by atoms with E-state index >= 15 is 0 Å². The molecule has 0 bridgehead atoms. The molecule has 1 aliphatic heterocycles. The second-order valence-electron chi connectivity index (χ2n) is 8.47. The van der Waals surface area contributed by atoms with Crippen LogP contribution in [0, 0.1) is 23.4 Å². The van der Waals surface area contributed by atoms with E-state index in [0.29, 0.717) is 25.4 Å². The maximum absolute atomic E-state index is 14.9. The predicted molar refractivity (Wildman–Crippen MR) is 116 cm³/mol. The van der Waals surface area contributed by atoms with Crippen molar-refractivity contribution in [3.63, 3.8) is 0 Å². The van der Waals surface area contributed by atoms with Crippen LogP contribution in [-0.4, -0.2) is 6.61 Å². The smallest absolute Gasteiger partial charge is 0.167 e. The number of ether oxygens (including phenoxy) is 1. The van der Waals surface area contributed by atoms with Crippen molar-refractivity contribution in [2.75, 3.05) is 6.61 Å². The molecule has 2 unspecified atom stereocenters. The fourth-order valence-corrected chi connectivity index (χ4v) is 4.33. The van der Waals surface area contributed by atoms with Crippen LogP contribution in [0.5, 0.6) is 0 Å². The van der Waals surface area contributed by atoms with Crippen molar-refractivity contribution in [2.45, 2.75) is 77.7 Å². The maximum Gasteiger partial charge on any atom is 0.167 e. The van der Waals surface area contributed by atoms with Crippen LogP contribution in [0.1, 0.15) is 82.4 Å². The molecule has 1 fully saturated rings. The molecule has 1 nitrogen and oxygen atoms in total. The summed E-state index contributed by atoms with van der Waals surface area (Å²) >= 11 is 0. The highest BCUT2D eigenvalue weighted by Crippen LogP contribution is 2.37. The van der Waals surface area contributed by atoms with Crippen molar-refractivity contribution in [3.05, 3.63) is 58.9 Å². The quantitative estimate of drug-likeness (QED) is 0.373. The normalized spacial score (nSPS) is 19.2. The van der Waals surface area contributed by atoms with Crippen molar-refractivity contribution < 1.29 is 17.9 Å². The first-order valence-corrected chi connectivity index (χ1v) is 11.4. The molecule has 2 atom stereocenters. The minimum absolute atomic E-state index is 0.0443. The monoisotopic (exact) mass is 418 g/mol. The molecule has 1 aliphatic rings. The van der Waals surface area contributed by atoms with Gasteiger partial charge in [-0.05, 0) is 43.2 Å². The lowest BCUT2D eigenvalue weighted by Gasteiger charge is -2.30. The molecule has 0 amide bonds. The van der Waals surface area contributed by atoms with Gasteiger partial charge in [-0.3, -0.25) is 0 Å². The summed E-state index contributed by atoms with van der Waals surface area (Å²) in [6, 6.07) is 7.68. The van der Waals surface area contributed by atoms with E-state index in [9.17, 15) is 13.2 Å². The zero-order valence-corrected chi connectivity index (χ0v) is 18.2. The third kappa shape index (κ3) is 5.46. The average molecular weight is 419 g/mol. The zero-order valence-electron chi connectivity index (χ0n) is 18.2. The number of unbranched alkanes of at least 4 members (excludes halogenated alkanes) is 4. The third-order valence-electron chi connectivity index (χ3n) is 6.28. The van der Waals surface area contributed by atoms with Crippen molar-refractivity contribution in [1.29, 1.82) is 0 Å². The van der Waals surface area contributed by atoms with Crippen LogP contribution in [0.15, 0.2) is 30.3 Å². The predicted octanol–water partition coefficient (Wildman–Crippen LogP) is 8.16. The minimum atomic E-state index is -1.00. The zero-order chi connectivity index (χ0) is 21.5. The Labute approximate surface area is 178 Å². The molecule has 30 heavy (non-hydrogen) atoms. The lowest BCUT2D eigenvalue weighted by Crippen LogP contribution is -2.21. The van der Waals surface area contributed by atoms with Crippen LogP contribution in [-0.2, 0) is 11.2 Å². The molecule has 0 radical (unpaired) electrons. The summed E-state index contributed by atoms with van der Waals surface area (Å²) in [6.45, 7) is 4.72. The molecule has 3 rings (SSSR count). The van der Waals surface area contributed by atoms with E-state index in [1.54, 1.807) is 12.1 Å². The number of hydrogen-bond donors (Lipinski definition) is 0.